The van der Waals surface area contributed by atoms with E-state index in [2.05, 4.69) is 21.2 Å². The van der Waals surface area contributed by atoms with E-state index in [9.17, 15) is 18.0 Å². The van der Waals surface area contributed by atoms with Crippen molar-refractivity contribution in [2.24, 2.45) is 0 Å². The van der Waals surface area contributed by atoms with Gasteiger partial charge in [-0.2, -0.15) is 0 Å². The summed E-state index contributed by atoms with van der Waals surface area (Å²) in [7, 11) is 0. The third kappa shape index (κ3) is 3.39. The minimum Gasteiger partial charge on any atom is -0.322 e. The van der Waals surface area contributed by atoms with Gasteiger partial charge in [0.15, 0.2) is 0 Å². The summed E-state index contributed by atoms with van der Waals surface area (Å²) < 4.78 is 40.6. The molecule has 0 unspecified atom stereocenters. The van der Waals surface area contributed by atoms with Crippen LogP contribution in [0.5, 0.6) is 0 Å². The maximum Gasteiger partial charge on any atom is 0.258 e. The van der Waals surface area contributed by atoms with Gasteiger partial charge in [0.1, 0.15) is 17.5 Å². The van der Waals surface area contributed by atoms with E-state index in [1.54, 1.807) is 6.92 Å². The van der Waals surface area contributed by atoms with E-state index in [0.29, 0.717) is 17.7 Å². The molecule has 2 aromatic carbocycles. The minimum absolute atomic E-state index is 0.162. The van der Waals surface area contributed by atoms with Crippen LogP contribution in [0.3, 0.4) is 0 Å². The van der Waals surface area contributed by atoms with Gasteiger partial charge in [-0.05, 0) is 52.7 Å². The average molecular weight is 379 g/mol. The van der Waals surface area contributed by atoms with Crippen LogP contribution in [0.1, 0.15) is 15.9 Å². The van der Waals surface area contributed by atoms with Crippen LogP contribution in [0, 0.1) is 24.4 Å². The quantitative estimate of drug-likeness (QED) is 0.726. The Labute approximate surface area is 132 Å². The molecule has 2 aromatic rings. The molecule has 0 heterocycles. The summed E-state index contributed by atoms with van der Waals surface area (Å²) >= 11 is 8.42. The van der Waals surface area contributed by atoms with Crippen molar-refractivity contribution in [3.8, 4) is 0 Å². The Kier molecular flexibility index (Phi) is 4.58. The fourth-order valence-electron chi connectivity index (χ4n) is 1.67. The molecule has 1 N–H and O–H groups in total. The van der Waals surface area contributed by atoms with Crippen LogP contribution in [-0.2, 0) is 0 Å². The average Bonchev–Trinajstić information content (AvgIpc) is 2.40. The number of anilines is 1. The van der Waals surface area contributed by atoms with Crippen LogP contribution < -0.4 is 5.32 Å². The van der Waals surface area contributed by atoms with E-state index in [1.165, 1.54) is 6.07 Å². The highest BCUT2D eigenvalue weighted by molar-refractivity contribution is 9.10. The summed E-state index contributed by atoms with van der Waals surface area (Å²) in [5.74, 6) is -3.36. The normalized spacial score (nSPS) is 10.6. The van der Waals surface area contributed by atoms with Crippen LogP contribution in [0.4, 0.5) is 18.9 Å². The second-order valence-corrected chi connectivity index (χ2v) is 5.54. The van der Waals surface area contributed by atoms with Crippen molar-refractivity contribution >= 4 is 39.1 Å². The molecule has 0 aliphatic heterocycles. The highest BCUT2D eigenvalue weighted by Crippen LogP contribution is 2.25. The number of nitrogens with one attached hydrogen (secondary N) is 1. The van der Waals surface area contributed by atoms with Gasteiger partial charge in [0.25, 0.3) is 5.91 Å². The van der Waals surface area contributed by atoms with Crippen LogP contribution in [0.15, 0.2) is 28.7 Å². The number of aryl methyl sites for hydroxylation is 1. The van der Waals surface area contributed by atoms with Gasteiger partial charge in [-0.3, -0.25) is 4.79 Å². The first-order valence-corrected chi connectivity index (χ1v) is 6.88. The van der Waals surface area contributed by atoms with Crippen LogP contribution in [-0.4, -0.2) is 5.91 Å². The zero-order valence-electron chi connectivity index (χ0n) is 10.6. The first kappa shape index (κ1) is 15.9. The van der Waals surface area contributed by atoms with E-state index < -0.39 is 33.9 Å². The lowest BCUT2D eigenvalue weighted by Gasteiger charge is -2.10. The number of rotatable bonds is 2. The Hall–Kier alpha value is -1.53. The van der Waals surface area contributed by atoms with Crippen LogP contribution >= 0.6 is 27.5 Å². The number of carbonyl (C=O) groups excluding carboxylic acids is 1. The van der Waals surface area contributed by atoms with Crippen molar-refractivity contribution < 1.29 is 18.0 Å². The summed E-state index contributed by atoms with van der Waals surface area (Å²) in [5.41, 5.74) is 0.210. The fraction of sp³-hybridized carbons (Fsp3) is 0.0714. The number of hydrogen-bond donors (Lipinski definition) is 1. The van der Waals surface area contributed by atoms with E-state index in [4.69, 9.17) is 11.6 Å². The number of benzene rings is 2. The van der Waals surface area contributed by atoms with Crippen molar-refractivity contribution in [1.82, 2.24) is 0 Å². The van der Waals surface area contributed by atoms with Gasteiger partial charge in [-0.1, -0.05) is 11.6 Å². The minimum atomic E-state index is -0.964. The molecular weight excluding hydrogens is 371 g/mol. The van der Waals surface area contributed by atoms with Crippen molar-refractivity contribution in [2.45, 2.75) is 6.92 Å². The van der Waals surface area contributed by atoms with Gasteiger partial charge in [-0.15, -0.1) is 0 Å². The van der Waals surface area contributed by atoms with Crippen LogP contribution in [0.2, 0.25) is 5.02 Å². The molecule has 0 saturated heterocycles. The molecule has 0 fully saturated rings. The van der Waals surface area contributed by atoms with Gasteiger partial charge >= 0.3 is 0 Å². The summed E-state index contributed by atoms with van der Waals surface area (Å²) in [4.78, 5) is 12.0. The molecule has 0 aromatic heterocycles. The Morgan fingerprint density at radius 3 is 2.43 bits per heavy atom. The van der Waals surface area contributed by atoms with Gasteiger partial charge in [-0.25, -0.2) is 13.2 Å². The Morgan fingerprint density at radius 1 is 1.10 bits per heavy atom. The van der Waals surface area contributed by atoms with E-state index >= 15 is 0 Å². The van der Waals surface area contributed by atoms with Crippen molar-refractivity contribution in [1.29, 1.82) is 0 Å². The standard InChI is InChI=1S/C14H8BrClF3NO/c1-6-2-8(15)11(18)5-13(6)20-14(21)7-3-12(19)9(16)4-10(7)17/h2-5H,1H3,(H,20,21). The maximum absolute atomic E-state index is 13.6. The molecule has 1 amide bonds. The molecule has 0 bridgehead atoms. The molecule has 2 rings (SSSR count). The zero-order chi connectivity index (χ0) is 15.7. The van der Waals surface area contributed by atoms with E-state index in [0.717, 1.165) is 6.07 Å². The fourth-order valence-corrected chi connectivity index (χ4v) is 2.28. The zero-order valence-corrected chi connectivity index (χ0v) is 12.9. The van der Waals surface area contributed by atoms with Crippen molar-refractivity contribution in [3.63, 3.8) is 0 Å². The molecule has 21 heavy (non-hydrogen) atoms. The molecule has 110 valence electrons. The van der Waals surface area contributed by atoms with E-state index in [1.807, 2.05) is 0 Å². The van der Waals surface area contributed by atoms with Gasteiger partial charge in [0, 0.05) is 5.69 Å². The molecular formula is C14H8BrClF3NO. The molecule has 0 saturated carbocycles. The molecule has 0 aliphatic rings. The lowest BCUT2D eigenvalue weighted by atomic mass is 10.1. The predicted molar refractivity (Wildman–Crippen MR) is 78.2 cm³/mol. The molecule has 7 heteroatoms. The Bertz CT molecular complexity index is 737. The lowest BCUT2D eigenvalue weighted by Crippen LogP contribution is -2.15. The summed E-state index contributed by atoms with van der Waals surface area (Å²) in [6, 6.07) is 3.95. The van der Waals surface area contributed by atoms with Crippen molar-refractivity contribution in [2.75, 3.05) is 5.32 Å². The third-order valence-corrected chi connectivity index (χ3v) is 3.67. The Morgan fingerprint density at radius 2 is 1.76 bits per heavy atom. The summed E-state index contributed by atoms with van der Waals surface area (Å²) in [6.07, 6.45) is 0. The van der Waals surface area contributed by atoms with Crippen LogP contribution in [0.25, 0.3) is 0 Å². The van der Waals surface area contributed by atoms with Crippen molar-refractivity contribution in [3.05, 3.63) is 62.3 Å². The number of halogens is 5. The SMILES string of the molecule is Cc1cc(Br)c(F)cc1NC(=O)c1cc(F)c(Cl)cc1F. The predicted octanol–water partition coefficient (Wildman–Crippen LogP) is 5.08. The molecule has 2 nitrogen and oxygen atoms in total. The Balaban J connectivity index is 2.35. The lowest BCUT2D eigenvalue weighted by molar-refractivity contribution is 0.102. The monoisotopic (exact) mass is 377 g/mol. The third-order valence-electron chi connectivity index (χ3n) is 2.77. The number of amides is 1. The maximum atomic E-state index is 13.6. The summed E-state index contributed by atoms with van der Waals surface area (Å²) in [6.45, 7) is 1.64. The second kappa shape index (κ2) is 6.07. The number of hydrogen-bond acceptors (Lipinski definition) is 1. The molecule has 0 radical (unpaired) electrons. The second-order valence-electron chi connectivity index (χ2n) is 4.28. The van der Waals surface area contributed by atoms with Gasteiger partial charge in [0.2, 0.25) is 0 Å². The van der Waals surface area contributed by atoms with E-state index in [-0.39, 0.29) is 10.2 Å². The molecule has 0 aliphatic carbocycles. The number of carbonyl (C=O) groups is 1. The molecule has 0 spiro atoms. The topological polar surface area (TPSA) is 29.1 Å². The highest BCUT2D eigenvalue weighted by atomic mass is 79.9. The summed E-state index contributed by atoms with van der Waals surface area (Å²) in [5, 5.41) is 1.91. The molecule has 0 atom stereocenters. The first-order valence-electron chi connectivity index (χ1n) is 5.71. The largest absolute Gasteiger partial charge is 0.322 e. The smallest absolute Gasteiger partial charge is 0.258 e. The highest BCUT2D eigenvalue weighted by Gasteiger charge is 2.17. The van der Waals surface area contributed by atoms with Gasteiger partial charge in [0.05, 0.1) is 15.1 Å². The first-order chi connectivity index (χ1) is 9.79. The van der Waals surface area contributed by atoms with Gasteiger partial charge < -0.3 is 5.32 Å².